The number of nitrogens with zero attached hydrogens (tertiary/aromatic N) is 2. The number of rotatable bonds is 4. The third-order valence-corrected chi connectivity index (χ3v) is 5.15. The van der Waals surface area contributed by atoms with Crippen molar-refractivity contribution < 1.29 is 9.53 Å². The van der Waals surface area contributed by atoms with Crippen molar-refractivity contribution in [3.8, 4) is 5.75 Å². The summed E-state index contributed by atoms with van der Waals surface area (Å²) < 4.78 is 8.15. The van der Waals surface area contributed by atoms with E-state index in [2.05, 4.69) is 11.6 Å². The van der Waals surface area contributed by atoms with Gasteiger partial charge in [0.1, 0.15) is 5.75 Å². The fourth-order valence-corrected chi connectivity index (χ4v) is 3.94. The van der Waals surface area contributed by atoms with E-state index in [0.717, 1.165) is 16.0 Å². The molecule has 25 heavy (non-hydrogen) atoms. The van der Waals surface area contributed by atoms with Crippen LogP contribution in [-0.4, -0.2) is 17.6 Å². The molecule has 0 aliphatic rings. The molecule has 1 aromatic heterocycles. The third-order valence-electron chi connectivity index (χ3n) is 3.56. The van der Waals surface area contributed by atoms with Crippen LogP contribution in [0, 0.1) is 0 Å². The maximum absolute atomic E-state index is 12.6. The van der Waals surface area contributed by atoms with Crippen LogP contribution in [0.3, 0.4) is 0 Å². The van der Waals surface area contributed by atoms with Gasteiger partial charge in [-0.3, -0.25) is 4.79 Å². The Kier molecular flexibility index (Phi) is 5.27. The van der Waals surface area contributed by atoms with Crippen LogP contribution in [0.4, 0.5) is 0 Å². The first-order valence-electron chi connectivity index (χ1n) is 7.36. The monoisotopic (exact) mass is 392 g/mol. The molecule has 7 heteroatoms. The number of thiazole rings is 1. The summed E-state index contributed by atoms with van der Waals surface area (Å²) >= 11 is 13.4. The van der Waals surface area contributed by atoms with Gasteiger partial charge in [-0.25, -0.2) is 0 Å². The van der Waals surface area contributed by atoms with Crippen molar-refractivity contribution in [2.75, 3.05) is 7.11 Å². The molecule has 0 aliphatic heterocycles. The van der Waals surface area contributed by atoms with Crippen LogP contribution >= 0.6 is 34.5 Å². The smallest absolute Gasteiger partial charge is 0.281 e. The lowest BCUT2D eigenvalue weighted by Gasteiger charge is -2.03. The average molecular weight is 393 g/mol. The highest BCUT2D eigenvalue weighted by molar-refractivity contribution is 7.16. The molecule has 0 spiro atoms. The number of carbonyl (C=O) groups excluding carboxylic acids is 1. The number of allylic oxidation sites excluding steroid dienone is 1. The molecule has 0 radical (unpaired) electrons. The summed E-state index contributed by atoms with van der Waals surface area (Å²) in [7, 11) is 1.61. The standard InChI is InChI=1S/C18H14Cl2N2O2S/c1-3-8-22-15-7-5-12(24-2)10-16(15)25-18(22)21-17(23)13-6-4-11(19)9-14(13)20/h3-7,9-10H,1,8H2,2H3. The Hall–Kier alpha value is -2.08. The van der Waals surface area contributed by atoms with Crippen LogP contribution in [0.2, 0.25) is 10.0 Å². The van der Waals surface area contributed by atoms with Gasteiger partial charge >= 0.3 is 0 Å². The van der Waals surface area contributed by atoms with Crippen molar-refractivity contribution in [3.05, 3.63) is 69.5 Å². The van der Waals surface area contributed by atoms with E-state index in [1.54, 1.807) is 25.3 Å². The van der Waals surface area contributed by atoms with E-state index < -0.39 is 5.91 Å². The van der Waals surface area contributed by atoms with Crippen molar-refractivity contribution in [2.45, 2.75) is 6.54 Å². The van der Waals surface area contributed by atoms with Gasteiger partial charge in [-0.15, -0.1) is 6.58 Å². The Bertz CT molecular complexity index is 1040. The van der Waals surface area contributed by atoms with E-state index in [1.807, 2.05) is 22.8 Å². The predicted molar refractivity (Wildman–Crippen MR) is 103 cm³/mol. The molecule has 1 amide bonds. The highest BCUT2D eigenvalue weighted by Crippen LogP contribution is 2.24. The van der Waals surface area contributed by atoms with Gasteiger partial charge in [-0.1, -0.05) is 40.6 Å². The van der Waals surface area contributed by atoms with Gasteiger partial charge in [0.25, 0.3) is 5.91 Å². The predicted octanol–water partition coefficient (Wildman–Crippen LogP) is 4.95. The lowest BCUT2D eigenvalue weighted by molar-refractivity contribution is 0.0998. The summed E-state index contributed by atoms with van der Waals surface area (Å²) in [6.45, 7) is 4.31. The van der Waals surface area contributed by atoms with E-state index in [9.17, 15) is 4.79 Å². The number of ether oxygens (including phenoxy) is 1. The van der Waals surface area contributed by atoms with Gasteiger partial charge < -0.3 is 9.30 Å². The molecule has 128 valence electrons. The van der Waals surface area contributed by atoms with Crippen molar-refractivity contribution >= 4 is 50.7 Å². The van der Waals surface area contributed by atoms with Crippen LogP contribution in [0.25, 0.3) is 10.2 Å². The molecule has 0 bridgehead atoms. The number of fused-ring (bicyclic) bond motifs is 1. The number of methoxy groups -OCH3 is 1. The zero-order chi connectivity index (χ0) is 18.0. The molecule has 3 aromatic rings. The van der Waals surface area contributed by atoms with Crippen LogP contribution in [-0.2, 0) is 6.54 Å². The maximum Gasteiger partial charge on any atom is 0.281 e. The molecular formula is C18H14Cl2N2O2S. The lowest BCUT2D eigenvalue weighted by Crippen LogP contribution is -2.16. The van der Waals surface area contributed by atoms with Gasteiger partial charge in [0, 0.05) is 11.6 Å². The van der Waals surface area contributed by atoms with Gasteiger partial charge in [-0.05, 0) is 36.4 Å². The average Bonchev–Trinajstić information content (AvgIpc) is 2.91. The quantitative estimate of drug-likeness (QED) is 0.589. The number of amides is 1. The topological polar surface area (TPSA) is 43.6 Å². The summed E-state index contributed by atoms with van der Waals surface area (Å²) in [6, 6.07) is 10.4. The first-order valence-corrected chi connectivity index (χ1v) is 8.93. The van der Waals surface area contributed by atoms with Gasteiger partial charge in [-0.2, -0.15) is 4.99 Å². The lowest BCUT2D eigenvalue weighted by atomic mass is 10.2. The minimum absolute atomic E-state index is 0.277. The summed E-state index contributed by atoms with van der Waals surface area (Å²) in [5.41, 5.74) is 1.27. The second-order valence-electron chi connectivity index (χ2n) is 5.16. The summed E-state index contributed by atoms with van der Waals surface area (Å²) in [5, 5.41) is 0.747. The van der Waals surface area contributed by atoms with E-state index in [1.165, 1.54) is 17.4 Å². The molecule has 0 saturated heterocycles. The molecule has 2 aromatic carbocycles. The normalized spacial score (nSPS) is 11.7. The van der Waals surface area contributed by atoms with Crippen molar-refractivity contribution in [2.24, 2.45) is 4.99 Å². The Labute approximate surface area is 158 Å². The van der Waals surface area contributed by atoms with Crippen LogP contribution < -0.4 is 9.54 Å². The van der Waals surface area contributed by atoms with Crippen LogP contribution in [0.1, 0.15) is 10.4 Å². The van der Waals surface area contributed by atoms with Crippen LogP contribution in [0.5, 0.6) is 5.75 Å². The van der Waals surface area contributed by atoms with Crippen LogP contribution in [0.15, 0.2) is 54.0 Å². The van der Waals surface area contributed by atoms with Gasteiger partial charge in [0.2, 0.25) is 0 Å². The Balaban J connectivity index is 2.15. The largest absolute Gasteiger partial charge is 0.497 e. The molecule has 0 unspecified atom stereocenters. The Morgan fingerprint density at radius 2 is 2.12 bits per heavy atom. The summed E-state index contributed by atoms with van der Waals surface area (Å²) in [5.74, 6) is 0.330. The van der Waals surface area contributed by atoms with E-state index in [0.29, 0.717) is 21.9 Å². The zero-order valence-electron chi connectivity index (χ0n) is 13.3. The molecule has 0 aliphatic carbocycles. The van der Waals surface area contributed by atoms with E-state index in [-0.39, 0.29) is 5.02 Å². The molecule has 1 heterocycles. The van der Waals surface area contributed by atoms with E-state index >= 15 is 0 Å². The van der Waals surface area contributed by atoms with E-state index in [4.69, 9.17) is 27.9 Å². The molecule has 0 atom stereocenters. The molecule has 0 N–H and O–H groups in total. The van der Waals surface area contributed by atoms with Crippen molar-refractivity contribution in [1.29, 1.82) is 0 Å². The number of benzene rings is 2. The fourth-order valence-electron chi connectivity index (χ4n) is 2.38. The minimum atomic E-state index is -0.419. The molecular weight excluding hydrogens is 379 g/mol. The molecule has 3 rings (SSSR count). The second kappa shape index (κ2) is 7.44. The number of carbonyl (C=O) groups is 1. The van der Waals surface area contributed by atoms with Gasteiger partial charge in [0.05, 0.1) is 27.9 Å². The maximum atomic E-state index is 12.6. The summed E-state index contributed by atoms with van der Waals surface area (Å²) in [6.07, 6.45) is 1.76. The molecule has 0 saturated carbocycles. The van der Waals surface area contributed by atoms with Crippen molar-refractivity contribution in [3.63, 3.8) is 0 Å². The first kappa shape index (κ1) is 17.7. The highest BCUT2D eigenvalue weighted by atomic mass is 35.5. The van der Waals surface area contributed by atoms with Crippen molar-refractivity contribution in [1.82, 2.24) is 4.57 Å². The number of aromatic nitrogens is 1. The number of halogens is 2. The molecule has 4 nitrogen and oxygen atoms in total. The number of hydrogen-bond donors (Lipinski definition) is 0. The Morgan fingerprint density at radius 1 is 1.32 bits per heavy atom. The fraction of sp³-hybridized carbons (Fsp3) is 0.111. The summed E-state index contributed by atoms with van der Waals surface area (Å²) in [4.78, 5) is 17.4. The first-order chi connectivity index (χ1) is 12.0. The molecule has 0 fully saturated rings. The number of hydrogen-bond acceptors (Lipinski definition) is 3. The zero-order valence-corrected chi connectivity index (χ0v) is 15.7. The second-order valence-corrected chi connectivity index (χ2v) is 7.01. The SMILES string of the molecule is C=CCn1c(=NC(=O)c2ccc(Cl)cc2Cl)sc2cc(OC)ccc21. The minimum Gasteiger partial charge on any atom is -0.497 e. The highest BCUT2D eigenvalue weighted by Gasteiger charge is 2.12. The Morgan fingerprint density at radius 3 is 2.80 bits per heavy atom. The van der Waals surface area contributed by atoms with Gasteiger partial charge in [0.15, 0.2) is 4.80 Å². The third kappa shape index (κ3) is 3.63.